The summed E-state index contributed by atoms with van der Waals surface area (Å²) in [7, 11) is 1.55. The molecule has 0 aromatic heterocycles. The Morgan fingerprint density at radius 1 is 1.55 bits per heavy atom. The van der Waals surface area contributed by atoms with Gasteiger partial charge < -0.3 is 0 Å². The maximum absolute atomic E-state index is 11.4. The first-order valence-corrected chi connectivity index (χ1v) is 4.11. The second-order valence-corrected chi connectivity index (χ2v) is 3.02. The average molecular weight is 157 g/mol. The molecule has 3 heteroatoms. The van der Waals surface area contributed by atoms with E-state index < -0.39 is 0 Å². The largest absolute Gasteiger partial charge is 0.274 e. The van der Waals surface area contributed by atoms with E-state index in [1.54, 1.807) is 7.11 Å². The molecule has 1 aliphatic heterocycles. The SMILES string of the molecule is CON1CCCCC(C)C1=O. The lowest BCUT2D eigenvalue weighted by Crippen LogP contribution is -2.32. The van der Waals surface area contributed by atoms with Gasteiger partial charge in [0.15, 0.2) is 0 Å². The molecular formula is C8H15NO2. The first-order valence-electron chi connectivity index (χ1n) is 4.11. The zero-order valence-corrected chi connectivity index (χ0v) is 7.17. The van der Waals surface area contributed by atoms with Crippen LogP contribution in [0.25, 0.3) is 0 Å². The normalized spacial score (nSPS) is 26.9. The van der Waals surface area contributed by atoms with Crippen molar-refractivity contribution in [1.29, 1.82) is 0 Å². The van der Waals surface area contributed by atoms with Crippen LogP contribution in [0.5, 0.6) is 0 Å². The lowest BCUT2D eigenvalue weighted by Gasteiger charge is -2.18. The Labute approximate surface area is 67.3 Å². The Kier molecular flexibility index (Phi) is 2.88. The van der Waals surface area contributed by atoms with Gasteiger partial charge >= 0.3 is 0 Å². The van der Waals surface area contributed by atoms with E-state index in [-0.39, 0.29) is 11.8 Å². The number of hydrogen-bond donors (Lipinski definition) is 0. The summed E-state index contributed by atoms with van der Waals surface area (Å²) < 4.78 is 0. The van der Waals surface area contributed by atoms with Gasteiger partial charge in [-0.3, -0.25) is 9.63 Å². The van der Waals surface area contributed by atoms with Crippen LogP contribution in [0.4, 0.5) is 0 Å². The van der Waals surface area contributed by atoms with Crippen LogP contribution < -0.4 is 0 Å². The molecule has 0 saturated carbocycles. The van der Waals surface area contributed by atoms with Crippen LogP contribution in [-0.4, -0.2) is 24.6 Å². The number of amides is 1. The smallest absolute Gasteiger partial charge is 0.248 e. The van der Waals surface area contributed by atoms with E-state index in [2.05, 4.69) is 0 Å². The minimum Gasteiger partial charge on any atom is -0.274 e. The minimum atomic E-state index is 0.130. The van der Waals surface area contributed by atoms with Gasteiger partial charge in [-0.15, -0.1) is 0 Å². The van der Waals surface area contributed by atoms with Crippen molar-refractivity contribution in [3.63, 3.8) is 0 Å². The third-order valence-corrected chi connectivity index (χ3v) is 2.14. The molecule has 0 spiro atoms. The minimum absolute atomic E-state index is 0.130. The second kappa shape index (κ2) is 3.72. The highest BCUT2D eigenvalue weighted by Crippen LogP contribution is 2.16. The standard InChI is InChI=1S/C8H15NO2/c1-7-5-3-4-6-9(11-2)8(7)10/h7H,3-6H2,1-2H3. The fraction of sp³-hybridized carbons (Fsp3) is 0.875. The zero-order valence-electron chi connectivity index (χ0n) is 7.17. The molecule has 1 unspecified atom stereocenters. The summed E-state index contributed by atoms with van der Waals surface area (Å²) in [5.74, 6) is 0.266. The number of hydroxylamine groups is 2. The van der Waals surface area contributed by atoms with E-state index in [1.165, 1.54) is 5.06 Å². The lowest BCUT2D eigenvalue weighted by molar-refractivity contribution is -0.178. The average Bonchev–Trinajstić information content (AvgIpc) is 2.16. The summed E-state index contributed by atoms with van der Waals surface area (Å²) in [6.45, 7) is 2.71. The number of hydrogen-bond acceptors (Lipinski definition) is 2. The van der Waals surface area contributed by atoms with Crippen molar-refractivity contribution >= 4 is 5.91 Å². The number of rotatable bonds is 1. The zero-order chi connectivity index (χ0) is 8.27. The van der Waals surface area contributed by atoms with Crippen LogP contribution in [0.2, 0.25) is 0 Å². The van der Waals surface area contributed by atoms with Gasteiger partial charge in [-0.2, -0.15) is 0 Å². The number of carbonyl (C=O) groups is 1. The first kappa shape index (κ1) is 8.53. The Bertz CT molecular complexity index is 147. The van der Waals surface area contributed by atoms with Crippen molar-refractivity contribution in [2.45, 2.75) is 26.2 Å². The fourth-order valence-electron chi connectivity index (χ4n) is 1.37. The van der Waals surface area contributed by atoms with E-state index >= 15 is 0 Å². The maximum Gasteiger partial charge on any atom is 0.248 e. The first-order chi connectivity index (χ1) is 5.25. The molecule has 64 valence electrons. The highest BCUT2D eigenvalue weighted by atomic mass is 16.7. The highest BCUT2D eigenvalue weighted by molar-refractivity contribution is 5.77. The molecule has 1 fully saturated rings. The monoisotopic (exact) mass is 157 g/mol. The van der Waals surface area contributed by atoms with Crippen LogP contribution >= 0.6 is 0 Å². The number of carbonyl (C=O) groups excluding carboxylic acids is 1. The molecule has 0 radical (unpaired) electrons. The van der Waals surface area contributed by atoms with Crippen LogP contribution in [0.15, 0.2) is 0 Å². The van der Waals surface area contributed by atoms with Gasteiger partial charge in [0.05, 0.1) is 7.11 Å². The molecule has 1 amide bonds. The molecule has 1 atom stereocenters. The van der Waals surface area contributed by atoms with Crippen LogP contribution in [0.1, 0.15) is 26.2 Å². The highest BCUT2D eigenvalue weighted by Gasteiger charge is 2.22. The summed E-state index contributed by atoms with van der Waals surface area (Å²) in [6, 6.07) is 0. The molecule has 0 N–H and O–H groups in total. The van der Waals surface area contributed by atoms with Gasteiger partial charge in [0, 0.05) is 12.5 Å². The van der Waals surface area contributed by atoms with Gasteiger partial charge in [0.25, 0.3) is 0 Å². The Morgan fingerprint density at radius 2 is 2.27 bits per heavy atom. The molecular weight excluding hydrogens is 142 g/mol. The summed E-state index contributed by atoms with van der Waals surface area (Å²) in [4.78, 5) is 16.3. The van der Waals surface area contributed by atoms with Crippen LogP contribution in [0, 0.1) is 5.92 Å². The summed E-state index contributed by atoms with van der Waals surface area (Å²) >= 11 is 0. The van der Waals surface area contributed by atoms with Gasteiger partial charge in [0.2, 0.25) is 5.91 Å². The molecule has 1 aliphatic rings. The summed E-state index contributed by atoms with van der Waals surface area (Å²) in [6.07, 6.45) is 3.19. The molecule has 0 aliphatic carbocycles. The predicted octanol–water partition coefficient (Wildman–Crippen LogP) is 1.20. The third-order valence-electron chi connectivity index (χ3n) is 2.14. The van der Waals surface area contributed by atoms with Crippen molar-refractivity contribution in [3.8, 4) is 0 Å². The van der Waals surface area contributed by atoms with Gasteiger partial charge in [-0.25, -0.2) is 5.06 Å². The van der Waals surface area contributed by atoms with Crippen molar-refractivity contribution in [3.05, 3.63) is 0 Å². The van der Waals surface area contributed by atoms with Crippen LogP contribution in [0.3, 0.4) is 0 Å². The quantitative estimate of drug-likeness (QED) is 0.572. The van der Waals surface area contributed by atoms with E-state index in [9.17, 15) is 4.79 Å². The molecule has 0 bridgehead atoms. The molecule has 1 saturated heterocycles. The molecule has 0 aromatic carbocycles. The van der Waals surface area contributed by atoms with E-state index in [1.807, 2.05) is 6.92 Å². The Morgan fingerprint density at radius 3 is 2.91 bits per heavy atom. The molecule has 3 nitrogen and oxygen atoms in total. The van der Waals surface area contributed by atoms with Crippen molar-refractivity contribution in [2.24, 2.45) is 5.92 Å². The second-order valence-electron chi connectivity index (χ2n) is 3.02. The van der Waals surface area contributed by atoms with Gasteiger partial charge in [-0.1, -0.05) is 13.3 Å². The summed E-state index contributed by atoms with van der Waals surface area (Å²) in [5.41, 5.74) is 0. The molecule has 11 heavy (non-hydrogen) atoms. The molecule has 0 aromatic rings. The van der Waals surface area contributed by atoms with Crippen molar-refractivity contribution in [1.82, 2.24) is 5.06 Å². The maximum atomic E-state index is 11.4. The molecule has 1 rings (SSSR count). The Balaban J connectivity index is 2.56. The fourth-order valence-corrected chi connectivity index (χ4v) is 1.37. The molecule has 1 heterocycles. The van der Waals surface area contributed by atoms with E-state index in [0.29, 0.717) is 0 Å². The van der Waals surface area contributed by atoms with E-state index in [0.717, 1.165) is 25.8 Å². The van der Waals surface area contributed by atoms with E-state index in [4.69, 9.17) is 4.84 Å². The Hall–Kier alpha value is -0.570. The third kappa shape index (κ3) is 1.93. The summed E-state index contributed by atoms with van der Waals surface area (Å²) in [5, 5.41) is 1.47. The van der Waals surface area contributed by atoms with Gasteiger partial charge in [0.1, 0.15) is 0 Å². The predicted molar refractivity (Wildman–Crippen MR) is 41.7 cm³/mol. The van der Waals surface area contributed by atoms with Crippen molar-refractivity contribution in [2.75, 3.05) is 13.7 Å². The number of nitrogens with zero attached hydrogens (tertiary/aromatic N) is 1. The lowest BCUT2D eigenvalue weighted by atomic mass is 10.1. The van der Waals surface area contributed by atoms with Crippen LogP contribution in [-0.2, 0) is 9.63 Å². The van der Waals surface area contributed by atoms with Gasteiger partial charge in [-0.05, 0) is 12.8 Å². The van der Waals surface area contributed by atoms with Crippen molar-refractivity contribution < 1.29 is 9.63 Å². The topological polar surface area (TPSA) is 29.5 Å².